The van der Waals surface area contributed by atoms with E-state index in [1.54, 1.807) is 19.2 Å². The van der Waals surface area contributed by atoms with Gasteiger partial charge in [-0.1, -0.05) is 29.8 Å². The summed E-state index contributed by atoms with van der Waals surface area (Å²) in [5.41, 5.74) is 2.94. The summed E-state index contributed by atoms with van der Waals surface area (Å²) in [6.45, 7) is 2.59. The number of benzene rings is 2. The van der Waals surface area contributed by atoms with Gasteiger partial charge in [0, 0.05) is 7.11 Å². The molecule has 0 N–H and O–H groups in total. The zero-order chi connectivity index (χ0) is 18.6. The predicted octanol–water partition coefficient (Wildman–Crippen LogP) is 3.14. The van der Waals surface area contributed by atoms with Crippen LogP contribution >= 0.6 is 0 Å². The SMILES string of the molecule is COCCc1ccc(OS(=O)(=O)c2cnn(-c3ccc(C)cc3)c2)cc1. The Kier molecular flexibility index (Phi) is 5.39. The Morgan fingerprint density at radius 2 is 1.73 bits per heavy atom. The topological polar surface area (TPSA) is 70.4 Å². The molecule has 136 valence electrons. The molecule has 6 nitrogen and oxygen atoms in total. The van der Waals surface area contributed by atoms with E-state index < -0.39 is 10.1 Å². The highest BCUT2D eigenvalue weighted by atomic mass is 32.2. The number of aryl methyl sites for hydroxylation is 1. The van der Waals surface area contributed by atoms with Crippen molar-refractivity contribution < 1.29 is 17.3 Å². The Labute approximate surface area is 153 Å². The van der Waals surface area contributed by atoms with Crippen molar-refractivity contribution in [3.8, 4) is 11.4 Å². The summed E-state index contributed by atoms with van der Waals surface area (Å²) >= 11 is 0. The highest BCUT2D eigenvalue weighted by Gasteiger charge is 2.19. The van der Waals surface area contributed by atoms with Crippen molar-refractivity contribution in [2.24, 2.45) is 0 Å². The van der Waals surface area contributed by atoms with Crippen molar-refractivity contribution in [2.75, 3.05) is 13.7 Å². The Hall–Kier alpha value is -2.64. The van der Waals surface area contributed by atoms with E-state index in [0.29, 0.717) is 6.61 Å². The monoisotopic (exact) mass is 372 g/mol. The maximum absolute atomic E-state index is 12.5. The summed E-state index contributed by atoms with van der Waals surface area (Å²) in [6.07, 6.45) is 3.47. The number of hydrogen-bond donors (Lipinski definition) is 0. The molecular weight excluding hydrogens is 352 g/mol. The Morgan fingerprint density at radius 1 is 1.04 bits per heavy atom. The lowest BCUT2D eigenvalue weighted by molar-refractivity contribution is 0.202. The molecule has 1 aromatic heterocycles. The maximum atomic E-state index is 12.5. The smallest absolute Gasteiger partial charge is 0.342 e. The molecule has 0 radical (unpaired) electrons. The number of ether oxygens (including phenoxy) is 1. The summed E-state index contributed by atoms with van der Waals surface area (Å²) in [4.78, 5) is 0.00142. The van der Waals surface area contributed by atoms with Gasteiger partial charge in [0.2, 0.25) is 0 Å². The van der Waals surface area contributed by atoms with Crippen LogP contribution in [0.1, 0.15) is 11.1 Å². The number of hydrogen-bond acceptors (Lipinski definition) is 5. The lowest BCUT2D eigenvalue weighted by atomic mass is 10.1. The average Bonchev–Trinajstić information content (AvgIpc) is 3.13. The van der Waals surface area contributed by atoms with E-state index in [9.17, 15) is 8.42 Å². The maximum Gasteiger partial charge on any atom is 0.342 e. The predicted molar refractivity (Wildman–Crippen MR) is 98.1 cm³/mol. The van der Waals surface area contributed by atoms with E-state index >= 15 is 0 Å². The van der Waals surface area contributed by atoms with Crippen LogP contribution in [0.2, 0.25) is 0 Å². The van der Waals surface area contributed by atoms with E-state index in [2.05, 4.69) is 5.10 Å². The zero-order valence-corrected chi connectivity index (χ0v) is 15.4. The van der Waals surface area contributed by atoms with Gasteiger partial charge >= 0.3 is 10.1 Å². The van der Waals surface area contributed by atoms with Crippen molar-refractivity contribution in [3.63, 3.8) is 0 Å². The van der Waals surface area contributed by atoms with Crippen molar-refractivity contribution in [3.05, 3.63) is 72.1 Å². The first kappa shape index (κ1) is 18.2. The zero-order valence-electron chi connectivity index (χ0n) is 14.6. The van der Waals surface area contributed by atoms with Crippen LogP contribution in [0.15, 0.2) is 65.8 Å². The summed E-state index contributed by atoms with van der Waals surface area (Å²) in [5.74, 6) is 0.259. The molecule has 0 spiro atoms. The summed E-state index contributed by atoms with van der Waals surface area (Å²) in [5, 5.41) is 4.12. The Bertz CT molecular complexity index is 962. The lowest BCUT2D eigenvalue weighted by Crippen LogP contribution is -2.09. The third kappa shape index (κ3) is 4.30. The molecule has 0 atom stereocenters. The van der Waals surface area contributed by atoms with E-state index in [-0.39, 0.29) is 10.6 Å². The first-order valence-corrected chi connectivity index (χ1v) is 9.53. The molecule has 26 heavy (non-hydrogen) atoms. The molecule has 0 saturated heterocycles. The standard InChI is InChI=1S/C19H20N2O4S/c1-15-3-7-17(8-4-15)21-14-19(13-20-21)26(22,23)25-18-9-5-16(6-10-18)11-12-24-2/h3-10,13-14H,11-12H2,1-2H3. The van der Waals surface area contributed by atoms with E-state index in [1.807, 2.05) is 43.3 Å². The molecule has 0 aliphatic carbocycles. The van der Waals surface area contributed by atoms with Gasteiger partial charge in [-0.2, -0.15) is 13.5 Å². The van der Waals surface area contributed by atoms with Crippen LogP contribution in [0.3, 0.4) is 0 Å². The first-order chi connectivity index (χ1) is 12.5. The number of methoxy groups -OCH3 is 1. The highest BCUT2D eigenvalue weighted by molar-refractivity contribution is 7.87. The fourth-order valence-corrected chi connectivity index (χ4v) is 3.25. The van der Waals surface area contributed by atoms with Crippen molar-refractivity contribution >= 4 is 10.1 Å². The third-order valence-electron chi connectivity index (χ3n) is 3.87. The molecule has 0 unspecified atom stereocenters. The van der Waals surface area contributed by atoms with E-state index in [1.165, 1.54) is 17.1 Å². The largest absolute Gasteiger partial charge is 0.384 e. The van der Waals surface area contributed by atoms with Crippen molar-refractivity contribution in [2.45, 2.75) is 18.2 Å². The molecule has 0 aliphatic heterocycles. The second-order valence-electron chi connectivity index (χ2n) is 5.88. The van der Waals surface area contributed by atoms with Crippen LogP contribution in [0.25, 0.3) is 5.69 Å². The molecule has 3 rings (SSSR count). The van der Waals surface area contributed by atoms with Crippen LogP contribution in [0.5, 0.6) is 5.75 Å². The summed E-state index contributed by atoms with van der Waals surface area (Å²) in [7, 11) is -2.31. The number of rotatable bonds is 7. The van der Waals surface area contributed by atoms with Gasteiger partial charge in [0.05, 0.1) is 24.7 Å². The fraction of sp³-hybridized carbons (Fsp3) is 0.211. The first-order valence-electron chi connectivity index (χ1n) is 8.12. The second-order valence-corrected chi connectivity index (χ2v) is 7.43. The molecular formula is C19H20N2O4S. The summed E-state index contributed by atoms with van der Waals surface area (Å²) < 4.78 is 36.7. The second kappa shape index (κ2) is 7.72. The van der Waals surface area contributed by atoms with Gasteiger partial charge in [-0.05, 0) is 43.2 Å². The van der Waals surface area contributed by atoms with E-state index in [0.717, 1.165) is 23.2 Å². The quantitative estimate of drug-likeness (QED) is 0.596. The third-order valence-corrected chi connectivity index (χ3v) is 5.07. The molecule has 0 bridgehead atoms. The minimum Gasteiger partial charge on any atom is -0.384 e. The van der Waals surface area contributed by atoms with Crippen LogP contribution in [0, 0.1) is 6.92 Å². The normalized spacial score (nSPS) is 11.5. The number of nitrogens with zero attached hydrogens (tertiary/aromatic N) is 2. The van der Waals surface area contributed by atoms with E-state index in [4.69, 9.17) is 8.92 Å². The van der Waals surface area contributed by atoms with Crippen molar-refractivity contribution in [1.29, 1.82) is 0 Å². The van der Waals surface area contributed by atoms with Gasteiger partial charge in [0.1, 0.15) is 10.6 Å². The van der Waals surface area contributed by atoms with Gasteiger partial charge in [0.25, 0.3) is 0 Å². The van der Waals surface area contributed by atoms with Gasteiger partial charge < -0.3 is 8.92 Å². The summed E-state index contributed by atoms with van der Waals surface area (Å²) in [6, 6.07) is 14.5. The van der Waals surface area contributed by atoms with Crippen LogP contribution in [-0.4, -0.2) is 31.9 Å². The Morgan fingerprint density at radius 3 is 2.38 bits per heavy atom. The molecule has 0 fully saturated rings. The minimum atomic E-state index is -3.95. The Balaban J connectivity index is 1.75. The van der Waals surface area contributed by atoms with Gasteiger partial charge in [0.15, 0.2) is 0 Å². The molecule has 3 aromatic rings. The van der Waals surface area contributed by atoms with Gasteiger partial charge in [-0.25, -0.2) is 4.68 Å². The van der Waals surface area contributed by atoms with Crippen LogP contribution in [0.4, 0.5) is 0 Å². The highest BCUT2D eigenvalue weighted by Crippen LogP contribution is 2.20. The van der Waals surface area contributed by atoms with Gasteiger partial charge in [-0.15, -0.1) is 0 Å². The molecule has 2 aromatic carbocycles. The molecule has 0 saturated carbocycles. The van der Waals surface area contributed by atoms with Gasteiger partial charge in [-0.3, -0.25) is 0 Å². The molecule has 0 aliphatic rings. The lowest BCUT2D eigenvalue weighted by Gasteiger charge is -2.06. The van der Waals surface area contributed by atoms with Crippen molar-refractivity contribution in [1.82, 2.24) is 9.78 Å². The minimum absolute atomic E-state index is 0.00142. The fourth-order valence-electron chi connectivity index (χ4n) is 2.38. The number of aromatic nitrogens is 2. The average molecular weight is 372 g/mol. The van der Waals surface area contributed by atoms with Crippen LogP contribution < -0.4 is 4.18 Å². The van der Waals surface area contributed by atoms with Crippen LogP contribution in [-0.2, 0) is 21.3 Å². The molecule has 0 amide bonds. The molecule has 1 heterocycles. The molecule has 7 heteroatoms.